The molecule has 0 saturated carbocycles. The fourth-order valence-electron chi connectivity index (χ4n) is 2.92. The molecule has 2 amide bonds. The molecule has 3 aromatic rings. The number of amidine groups is 1. The zero-order valence-corrected chi connectivity index (χ0v) is 20.5. The van der Waals surface area contributed by atoms with Gasteiger partial charge in [0.2, 0.25) is 5.91 Å². The molecule has 0 atom stereocenters. The second-order valence-electron chi connectivity index (χ2n) is 6.82. The Hall–Kier alpha value is -3.01. The largest absolute Gasteiger partial charge is 0.322 e. The number of amides is 2. The van der Waals surface area contributed by atoms with Gasteiger partial charge in [-0.3, -0.25) is 29.4 Å². The second-order valence-corrected chi connectivity index (χ2v) is 8.26. The smallest absolute Gasteiger partial charge is 0.267 e. The van der Waals surface area contributed by atoms with E-state index in [4.69, 9.17) is 11.6 Å². The molecule has 0 spiro atoms. The van der Waals surface area contributed by atoms with Crippen LogP contribution in [0.2, 0.25) is 5.02 Å². The summed E-state index contributed by atoms with van der Waals surface area (Å²) < 4.78 is 0. The van der Waals surface area contributed by atoms with Gasteiger partial charge in [0.15, 0.2) is 5.17 Å². The van der Waals surface area contributed by atoms with E-state index in [1.165, 1.54) is 17.8 Å². The molecule has 10 heteroatoms. The predicted molar refractivity (Wildman–Crippen MR) is 136 cm³/mol. The van der Waals surface area contributed by atoms with Crippen molar-refractivity contribution in [1.29, 1.82) is 0 Å². The molecule has 1 saturated heterocycles. The number of hydrogen-bond donors (Lipinski definition) is 1. The lowest BCUT2D eigenvalue weighted by Gasteiger charge is -2.15. The number of benzene rings is 1. The quantitative estimate of drug-likeness (QED) is 0.448. The average Bonchev–Trinajstić information content (AvgIpc) is 3.09. The molecule has 1 fully saturated rings. The van der Waals surface area contributed by atoms with E-state index in [0.717, 1.165) is 11.1 Å². The Balaban J connectivity index is 0.00000306. The summed E-state index contributed by atoms with van der Waals surface area (Å²) in [6, 6.07) is 14.2. The summed E-state index contributed by atoms with van der Waals surface area (Å²) in [7, 11) is 0. The molecule has 3 heterocycles. The van der Waals surface area contributed by atoms with Gasteiger partial charge in [0.25, 0.3) is 5.91 Å². The maximum atomic E-state index is 13.1. The number of carbonyl (C=O) groups excluding carboxylic acids is 2. The predicted octanol–water partition coefficient (Wildman–Crippen LogP) is 4.86. The lowest BCUT2D eigenvalue weighted by atomic mass is 10.2. The van der Waals surface area contributed by atoms with Crippen molar-refractivity contribution in [3.05, 3.63) is 100 Å². The number of aliphatic imine (C=N–C) groups is 1. The highest BCUT2D eigenvalue weighted by molar-refractivity contribution is 8.93. The van der Waals surface area contributed by atoms with Crippen LogP contribution in [0.15, 0.2) is 89.3 Å². The lowest BCUT2D eigenvalue weighted by molar-refractivity contribution is -0.123. The van der Waals surface area contributed by atoms with Crippen molar-refractivity contribution in [1.82, 2.24) is 14.9 Å². The third-order valence-corrected chi connectivity index (χ3v) is 5.74. The summed E-state index contributed by atoms with van der Waals surface area (Å²) in [6.07, 6.45) is 8.09. The molecule has 0 radical (unpaired) electrons. The first-order valence-corrected chi connectivity index (χ1v) is 10.9. The Morgan fingerprint density at radius 3 is 2.36 bits per heavy atom. The average molecular weight is 545 g/mol. The van der Waals surface area contributed by atoms with Gasteiger partial charge in [-0.15, -0.1) is 17.0 Å². The SMILES string of the molecule is Br.O=C(/C=C1/SC(=NCc2cccnc2)N(Cc2cccnc2)C1=O)Nc1ccc(Cl)cc1. The summed E-state index contributed by atoms with van der Waals surface area (Å²) in [4.78, 5) is 40.2. The number of pyridine rings is 2. The van der Waals surface area contributed by atoms with E-state index in [1.807, 2.05) is 24.3 Å². The number of carbonyl (C=O) groups is 2. The molecule has 1 aromatic carbocycles. The van der Waals surface area contributed by atoms with Crippen LogP contribution in [0, 0.1) is 0 Å². The first kappa shape index (κ1) is 24.6. The minimum atomic E-state index is -0.405. The summed E-state index contributed by atoms with van der Waals surface area (Å²) in [5.41, 5.74) is 2.37. The van der Waals surface area contributed by atoms with Gasteiger partial charge in [-0.05, 0) is 59.3 Å². The highest BCUT2D eigenvalue weighted by Gasteiger charge is 2.34. The molecule has 1 aliphatic rings. The van der Waals surface area contributed by atoms with Crippen LogP contribution in [0.4, 0.5) is 5.69 Å². The molecule has 33 heavy (non-hydrogen) atoms. The molecular formula is C23H19BrClN5O2S. The molecule has 168 valence electrons. The number of nitrogens with one attached hydrogen (secondary N) is 1. The number of anilines is 1. The molecule has 0 bridgehead atoms. The molecule has 1 aliphatic heterocycles. The molecule has 0 aliphatic carbocycles. The summed E-state index contributed by atoms with van der Waals surface area (Å²) in [5, 5.41) is 3.83. The molecule has 2 aromatic heterocycles. The highest BCUT2D eigenvalue weighted by Crippen LogP contribution is 2.32. The van der Waals surface area contributed by atoms with Gasteiger partial charge in [0.1, 0.15) is 0 Å². The van der Waals surface area contributed by atoms with Crippen LogP contribution in [0.3, 0.4) is 0 Å². The van der Waals surface area contributed by atoms with E-state index < -0.39 is 5.91 Å². The highest BCUT2D eigenvalue weighted by atomic mass is 79.9. The Kier molecular flexibility index (Phi) is 8.76. The molecule has 1 N–H and O–H groups in total. The molecule has 4 rings (SSSR count). The minimum absolute atomic E-state index is 0. The number of halogens is 2. The maximum Gasteiger partial charge on any atom is 0.267 e. The Morgan fingerprint density at radius 1 is 1.06 bits per heavy atom. The van der Waals surface area contributed by atoms with E-state index in [2.05, 4.69) is 20.3 Å². The maximum absolute atomic E-state index is 13.1. The van der Waals surface area contributed by atoms with Crippen molar-refractivity contribution in [3.63, 3.8) is 0 Å². The van der Waals surface area contributed by atoms with E-state index >= 15 is 0 Å². The monoisotopic (exact) mass is 543 g/mol. The number of hydrogen-bond acceptors (Lipinski definition) is 6. The van der Waals surface area contributed by atoms with Crippen LogP contribution in [0.5, 0.6) is 0 Å². The topological polar surface area (TPSA) is 87.6 Å². The van der Waals surface area contributed by atoms with Crippen molar-refractivity contribution in [2.45, 2.75) is 13.1 Å². The van der Waals surface area contributed by atoms with E-state index in [0.29, 0.717) is 33.9 Å². The van der Waals surface area contributed by atoms with E-state index in [-0.39, 0.29) is 22.9 Å². The van der Waals surface area contributed by atoms with Crippen molar-refractivity contribution in [2.75, 3.05) is 5.32 Å². The number of nitrogens with zero attached hydrogens (tertiary/aromatic N) is 4. The fourth-order valence-corrected chi connectivity index (χ4v) is 3.99. The number of rotatable bonds is 6. The van der Waals surface area contributed by atoms with Gasteiger partial charge in [-0.2, -0.15) is 0 Å². The van der Waals surface area contributed by atoms with Crippen molar-refractivity contribution >= 4 is 63.0 Å². The van der Waals surface area contributed by atoms with Gasteiger partial charge in [-0.1, -0.05) is 23.7 Å². The van der Waals surface area contributed by atoms with Crippen molar-refractivity contribution in [2.24, 2.45) is 4.99 Å². The first-order valence-electron chi connectivity index (χ1n) is 9.69. The molecule has 0 unspecified atom stereocenters. The normalized spacial score (nSPS) is 15.5. The van der Waals surface area contributed by atoms with Gasteiger partial charge in [0, 0.05) is 41.6 Å². The second kappa shape index (κ2) is 11.7. The van der Waals surface area contributed by atoms with Gasteiger partial charge in [-0.25, -0.2) is 0 Å². The Morgan fingerprint density at radius 2 is 1.73 bits per heavy atom. The standard InChI is InChI=1S/C23H18ClN5O2S.BrH/c24-18-5-7-19(8-6-18)28-21(30)11-20-22(31)29(15-17-4-2-10-26-13-17)23(32-20)27-14-16-3-1-9-25-12-16;/h1-13H,14-15H2,(H,28,30);1H/b20-11+,27-23?;. The van der Waals surface area contributed by atoms with Crippen molar-refractivity contribution in [3.8, 4) is 0 Å². The van der Waals surface area contributed by atoms with Crippen LogP contribution in [0.25, 0.3) is 0 Å². The Labute approximate surface area is 210 Å². The van der Waals surface area contributed by atoms with Gasteiger partial charge in [0.05, 0.1) is 18.0 Å². The summed E-state index contributed by atoms with van der Waals surface area (Å²) in [5.74, 6) is -0.687. The lowest BCUT2D eigenvalue weighted by Crippen LogP contribution is -2.29. The van der Waals surface area contributed by atoms with Crippen LogP contribution in [-0.4, -0.2) is 31.8 Å². The van der Waals surface area contributed by atoms with E-state index in [1.54, 1.807) is 54.0 Å². The van der Waals surface area contributed by atoms with Crippen molar-refractivity contribution < 1.29 is 9.59 Å². The number of aromatic nitrogens is 2. The Bertz CT molecular complexity index is 1170. The zero-order valence-electron chi connectivity index (χ0n) is 17.2. The van der Waals surface area contributed by atoms with E-state index in [9.17, 15) is 9.59 Å². The van der Waals surface area contributed by atoms with Crippen LogP contribution < -0.4 is 5.32 Å². The fraction of sp³-hybridized carbons (Fsp3) is 0.0870. The summed E-state index contributed by atoms with van der Waals surface area (Å²) >= 11 is 7.05. The number of thioether (sulfide) groups is 1. The minimum Gasteiger partial charge on any atom is -0.322 e. The zero-order chi connectivity index (χ0) is 22.3. The third kappa shape index (κ3) is 6.74. The first-order chi connectivity index (χ1) is 15.6. The molecular weight excluding hydrogens is 526 g/mol. The van der Waals surface area contributed by atoms with Gasteiger partial charge >= 0.3 is 0 Å². The van der Waals surface area contributed by atoms with Gasteiger partial charge < -0.3 is 5.32 Å². The van der Waals surface area contributed by atoms with Crippen LogP contribution in [-0.2, 0) is 22.7 Å². The third-order valence-electron chi connectivity index (χ3n) is 4.45. The van der Waals surface area contributed by atoms with Crippen LogP contribution >= 0.6 is 40.3 Å². The van der Waals surface area contributed by atoms with Crippen LogP contribution in [0.1, 0.15) is 11.1 Å². The summed E-state index contributed by atoms with van der Waals surface area (Å²) in [6.45, 7) is 0.679. The molecule has 7 nitrogen and oxygen atoms in total.